The maximum atomic E-state index is 13.8. The van der Waals surface area contributed by atoms with E-state index in [1.165, 1.54) is 0 Å². The zero-order chi connectivity index (χ0) is 13.3. The number of rotatable bonds is 2. The van der Waals surface area contributed by atoms with Crippen molar-refractivity contribution in [3.63, 3.8) is 0 Å². The largest absolute Gasteiger partial charge is 0.349 e. The SMILES string of the molecule is Cc1cccc(C(=O)NC2CCC(C)C2C)c1F. The Balaban J connectivity index is 2.11. The van der Waals surface area contributed by atoms with Crippen LogP contribution in [0.4, 0.5) is 4.39 Å². The van der Waals surface area contributed by atoms with E-state index < -0.39 is 5.82 Å². The first-order valence-electron chi connectivity index (χ1n) is 6.56. The zero-order valence-electron chi connectivity index (χ0n) is 11.2. The lowest BCUT2D eigenvalue weighted by molar-refractivity contribution is 0.0923. The van der Waals surface area contributed by atoms with Crippen molar-refractivity contribution < 1.29 is 9.18 Å². The van der Waals surface area contributed by atoms with Crippen LogP contribution in [0.2, 0.25) is 0 Å². The van der Waals surface area contributed by atoms with E-state index in [2.05, 4.69) is 19.2 Å². The van der Waals surface area contributed by atoms with Crippen molar-refractivity contribution in [2.45, 2.75) is 39.7 Å². The fourth-order valence-corrected chi connectivity index (χ4v) is 2.64. The van der Waals surface area contributed by atoms with Crippen LogP contribution in [0.1, 0.15) is 42.6 Å². The Morgan fingerprint density at radius 2 is 2.06 bits per heavy atom. The molecule has 3 heteroatoms. The lowest BCUT2D eigenvalue weighted by Gasteiger charge is -2.20. The highest BCUT2D eigenvalue weighted by Crippen LogP contribution is 2.31. The lowest BCUT2D eigenvalue weighted by atomic mass is 9.97. The molecule has 0 bridgehead atoms. The Morgan fingerprint density at radius 1 is 1.33 bits per heavy atom. The third-order valence-electron chi connectivity index (χ3n) is 4.22. The van der Waals surface area contributed by atoms with Gasteiger partial charge in [-0.15, -0.1) is 0 Å². The van der Waals surface area contributed by atoms with Crippen LogP contribution in [-0.4, -0.2) is 11.9 Å². The number of halogens is 1. The Kier molecular flexibility index (Phi) is 3.69. The molecule has 1 aromatic rings. The molecule has 3 atom stereocenters. The normalized spacial score (nSPS) is 27.2. The van der Waals surface area contributed by atoms with E-state index in [-0.39, 0.29) is 17.5 Å². The minimum Gasteiger partial charge on any atom is -0.349 e. The van der Waals surface area contributed by atoms with E-state index in [0.29, 0.717) is 17.4 Å². The minimum atomic E-state index is -0.409. The van der Waals surface area contributed by atoms with E-state index in [9.17, 15) is 9.18 Å². The van der Waals surface area contributed by atoms with E-state index in [4.69, 9.17) is 0 Å². The second kappa shape index (κ2) is 5.09. The Hall–Kier alpha value is -1.38. The van der Waals surface area contributed by atoms with Crippen molar-refractivity contribution in [2.75, 3.05) is 0 Å². The Morgan fingerprint density at radius 3 is 2.67 bits per heavy atom. The maximum Gasteiger partial charge on any atom is 0.254 e. The second-order valence-corrected chi connectivity index (χ2v) is 5.43. The van der Waals surface area contributed by atoms with Crippen molar-refractivity contribution in [1.82, 2.24) is 5.32 Å². The van der Waals surface area contributed by atoms with Crippen molar-refractivity contribution >= 4 is 5.91 Å². The van der Waals surface area contributed by atoms with Gasteiger partial charge in [-0.3, -0.25) is 4.79 Å². The number of carbonyl (C=O) groups excluding carboxylic acids is 1. The number of aryl methyl sites for hydroxylation is 1. The highest BCUT2D eigenvalue weighted by atomic mass is 19.1. The molecule has 1 N–H and O–H groups in total. The summed E-state index contributed by atoms with van der Waals surface area (Å²) in [6, 6.07) is 5.11. The predicted molar refractivity (Wildman–Crippen MR) is 70.0 cm³/mol. The summed E-state index contributed by atoms with van der Waals surface area (Å²) in [6.45, 7) is 6.02. The third kappa shape index (κ3) is 2.40. The topological polar surface area (TPSA) is 29.1 Å². The van der Waals surface area contributed by atoms with Crippen LogP contribution >= 0.6 is 0 Å². The van der Waals surface area contributed by atoms with Crippen LogP contribution in [-0.2, 0) is 0 Å². The summed E-state index contributed by atoms with van der Waals surface area (Å²) in [6.07, 6.45) is 2.12. The van der Waals surface area contributed by atoms with Gasteiger partial charge in [0, 0.05) is 6.04 Å². The number of hydrogen-bond acceptors (Lipinski definition) is 1. The number of nitrogens with one attached hydrogen (secondary N) is 1. The van der Waals surface area contributed by atoms with Crippen molar-refractivity contribution in [3.8, 4) is 0 Å². The molecule has 1 aliphatic carbocycles. The lowest BCUT2D eigenvalue weighted by Crippen LogP contribution is -2.37. The predicted octanol–water partition coefficient (Wildman–Crippen LogP) is 3.30. The molecule has 98 valence electrons. The Bertz CT molecular complexity index is 458. The van der Waals surface area contributed by atoms with E-state index in [0.717, 1.165) is 12.8 Å². The van der Waals surface area contributed by atoms with Gasteiger partial charge in [0.2, 0.25) is 0 Å². The van der Waals surface area contributed by atoms with Crippen molar-refractivity contribution in [3.05, 3.63) is 35.1 Å². The monoisotopic (exact) mass is 249 g/mol. The number of benzene rings is 1. The van der Waals surface area contributed by atoms with E-state index >= 15 is 0 Å². The van der Waals surface area contributed by atoms with Gasteiger partial charge in [-0.2, -0.15) is 0 Å². The summed E-state index contributed by atoms with van der Waals surface area (Å²) in [4.78, 5) is 12.1. The molecule has 2 rings (SSSR count). The fraction of sp³-hybridized carbons (Fsp3) is 0.533. The van der Waals surface area contributed by atoms with Crippen LogP contribution in [0, 0.1) is 24.6 Å². The zero-order valence-corrected chi connectivity index (χ0v) is 11.2. The van der Waals surface area contributed by atoms with Gasteiger partial charge < -0.3 is 5.32 Å². The van der Waals surface area contributed by atoms with Crippen molar-refractivity contribution in [1.29, 1.82) is 0 Å². The summed E-state index contributed by atoms with van der Waals surface area (Å²) in [5.41, 5.74) is 0.664. The second-order valence-electron chi connectivity index (χ2n) is 5.43. The highest BCUT2D eigenvalue weighted by Gasteiger charge is 2.31. The number of carbonyl (C=O) groups is 1. The average Bonchev–Trinajstić information content (AvgIpc) is 2.64. The molecular weight excluding hydrogens is 229 g/mol. The molecule has 0 heterocycles. The number of hydrogen-bond donors (Lipinski definition) is 1. The average molecular weight is 249 g/mol. The first-order chi connectivity index (χ1) is 8.50. The molecule has 1 fully saturated rings. The van der Waals surface area contributed by atoms with Crippen LogP contribution in [0.3, 0.4) is 0 Å². The van der Waals surface area contributed by atoms with E-state index in [1.54, 1.807) is 25.1 Å². The molecular formula is C15H20FNO. The molecule has 0 radical (unpaired) electrons. The van der Waals surface area contributed by atoms with Gasteiger partial charge in [-0.05, 0) is 43.2 Å². The molecule has 1 amide bonds. The van der Waals surface area contributed by atoms with Gasteiger partial charge in [0.15, 0.2) is 0 Å². The molecule has 0 saturated heterocycles. The summed E-state index contributed by atoms with van der Waals surface area (Å²) in [5.74, 6) is 0.385. The maximum absolute atomic E-state index is 13.8. The van der Waals surface area contributed by atoms with Crippen molar-refractivity contribution in [2.24, 2.45) is 11.8 Å². The Labute approximate surface area is 108 Å². The van der Waals surface area contributed by atoms with Gasteiger partial charge in [0.05, 0.1) is 5.56 Å². The quantitative estimate of drug-likeness (QED) is 0.856. The van der Waals surface area contributed by atoms with Gasteiger partial charge in [-0.1, -0.05) is 26.0 Å². The first-order valence-corrected chi connectivity index (χ1v) is 6.56. The van der Waals surface area contributed by atoms with Gasteiger partial charge >= 0.3 is 0 Å². The standard InChI is InChI=1S/C15H20FNO/c1-9-7-8-13(11(9)3)17-15(18)12-6-4-5-10(2)14(12)16/h4-6,9,11,13H,7-8H2,1-3H3,(H,17,18). The van der Waals surface area contributed by atoms with E-state index in [1.807, 2.05) is 0 Å². The van der Waals surface area contributed by atoms with Gasteiger partial charge in [0.25, 0.3) is 5.91 Å². The molecule has 0 spiro atoms. The molecule has 1 aromatic carbocycles. The first kappa shape index (κ1) is 13.1. The molecule has 18 heavy (non-hydrogen) atoms. The third-order valence-corrected chi connectivity index (χ3v) is 4.22. The molecule has 1 aliphatic rings. The summed E-state index contributed by atoms with van der Waals surface area (Å²) >= 11 is 0. The molecule has 1 saturated carbocycles. The summed E-state index contributed by atoms with van der Waals surface area (Å²) < 4.78 is 13.8. The minimum absolute atomic E-state index is 0.154. The van der Waals surface area contributed by atoms with Crippen LogP contribution in [0.25, 0.3) is 0 Å². The smallest absolute Gasteiger partial charge is 0.254 e. The van der Waals surface area contributed by atoms with Crippen LogP contribution in [0.5, 0.6) is 0 Å². The van der Waals surface area contributed by atoms with Crippen LogP contribution < -0.4 is 5.32 Å². The molecule has 3 unspecified atom stereocenters. The summed E-state index contributed by atoms with van der Waals surface area (Å²) in [5, 5.41) is 2.96. The van der Waals surface area contributed by atoms with Crippen LogP contribution in [0.15, 0.2) is 18.2 Å². The van der Waals surface area contributed by atoms with Gasteiger partial charge in [-0.25, -0.2) is 4.39 Å². The molecule has 0 aliphatic heterocycles. The molecule has 0 aromatic heterocycles. The number of amides is 1. The fourth-order valence-electron chi connectivity index (χ4n) is 2.64. The molecule has 2 nitrogen and oxygen atoms in total. The van der Waals surface area contributed by atoms with Gasteiger partial charge in [0.1, 0.15) is 5.82 Å². The summed E-state index contributed by atoms with van der Waals surface area (Å²) in [7, 11) is 0. The highest BCUT2D eigenvalue weighted by molar-refractivity contribution is 5.94.